The Labute approximate surface area is 106 Å². The van der Waals surface area contributed by atoms with Crippen molar-refractivity contribution in [2.75, 3.05) is 13.1 Å². The van der Waals surface area contributed by atoms with E-state index >= 15 is 0 Å². The van der Waals surface area contributed by atoms with Crippen LogP contribution in [0.15, 0.2) is 30.3 Å². The molecule has 1 N–H and O–H groups in total. The average Bonchev–Trinajstić information content (AvgIpc) is 2.33. The maximum atomic E-state index is 11.8. The summed E-state index contributed by atoms with van der Waals surface area (Å²) < 4.78 is 0. The number of ketones is 1. The molecule has 1 aromatic rings. The molecule has 0 bridgehead atoms. The maximum absolute atomic E-state index is 11.8. The van der Waals surface area contributed by atoms with Crippen molar-refractivity contribution in [2.45, 2.75) is 19.4 Å². The number of hydrogen-bond donors (Lipinski definition) is 1. The van der Waals surface area contributed by atoms with Crippen LogP contribution in [-0.2, 0) is 16.1 Å². The van der Waals surface area contributed by atoms with Crippen molar-refractivity contribution < 1.29 is 14.7 Å². The van der Waals surface area contributed by atoms with Gasteiger partial charge in [-0.15, -0.1) is 0 Å². The minimum absolute atomic E-state index is 0.0298. The maximum Gasteiger partial charge on any atom is 0.304 e. The zero-order chi connectivity index (χ0) is 13.0. The smallest absolute Gasteiger partial charge is 0.304 e. The summed E-state index contributed by atoms with van der Waals surface area (Å²) in [7, 11) is 0. The van der Waals surface area contributed by atoms with E-state index < -0.39 is 5.97 Å². The number of Topliss-reactive ketones (excluding diaryl/α,β-unsaturated/α-hetero) is 1. The summed E-state index contributed by atoms with van der Waals surface area (Å²) >= 11 is 0. The molecule has 1 aliphatic rings. The highest BCUT2D eigenvalue weighted by atomic mass is 16.4. The standard InChI is InChI=1S/C14H17NO3/c16-13-10-15(7-6-12(13)8-14(17)18)9-11-4-2-1-3-5-11/h1-5,12H,6-10H2,(H,17,18). The van der Waals surface area contributed by atoms with Gasteiger partial charge in [-0.3, -0.25) is 14.5 Å². The molecule has 1 unspecified atom stereocenters. The Balaban J connectivity index is 1.88. The first-order valence-electron chi connectivity index (χ1n) is 6.16. The number of hydrogen-bond acceptors (Lipinski definition) is 3. The van der Waals surface area contributed by atoms with Gasteiger partial charge in [0.25, 0.3) is 0 Å². The number of carbonyl (C=O) groups is 2. The Bertz CT molecular complexity index is 430. The second-order valence-corrected chi connectivity index (χ2v) is 4.75. The van der Waals surface area contributed by atoms with E-state index in [1.807, 2.05) is 30.3 Å². The molecular formula is C14H17NO3. The van der Waals surface area contributed by atoms with E-state index in [-0.39, 0.29) is 18.1 Å². The lowest BCUT2D eigenvalue weighted by Gasteiger charge is -2.30. The quantitative estimate of drug-likeness (QED) is 0.877. The fourth-order valence-electron chi connectivity index (χ4n) is 2.33. The second-order valence-electron chi connectivity index (χ2n) is 4.75. The fraction of sp³-hybridized carbons (Fsp3) is 0.429. The van der Waals surface area contributed by atoms with Crippen LogP contribution in [0.5, 0.6) is 0 Å². The van der Waals surface area contributed by atoms with Crippen LogP contribution in [-0.4, -0.2) is 34.8 Å². The number of likely N-dealkylation sites (tertiary alicyclic amines) is 1. The number of benzene rings is 1. The van der Waals surface area contributed by atoms with Crippen LogP contribution < -0.4 is 0 Å². The number of rotatable bonds is 4. The van der Waals surface area contributed by atoms with Crippen LogP contribution in [0, 0.1) is 5.92 Å². The Morgan fingerprint density at radius 3 is 2.67 bits per heavy atom. The number of carboxylic acids is 1. The molecule has 1 fully saturated rings. The molecule has 0 radical (unpaired) electrons. The van der Waals surface area contributed by atoms with Gasteiger partial charge < -0.3 is 5.11 Å². The minimum atomic E-state index is -0.884. The summed E-state index contributed by atoms with van der Waals surface area (Å²) in [6.07, 6.45) is 0.621. The molecule has 0 amide bonds. The highest BCUT2D eigenvalue weighted by Crippen LogP contribution is 2.19. The highest BCUT2D eigenvalue weighted by molar-refractivity contribution is 5.87. The number of nitrogens with zero attached hydrogens (tertiary/aromatic N) is 1. The largest absolute Gasteiger partial charge is 0.481 e. The first-order valence-corrected chi connectivity index (χ1v) is 6.16. The van der Waals surface area contributed by atoms with Gasteiger partial charge >= 0.3 is 5.97 Å². The fourth-order valence-corrected chi connectivity index (χ4v) is 2.33. The first-order chi connectivity index (χ1) is 8.65. The molecule has 96 valence electrons. The van der Waals surface area contributed by atoms with Crippen LogP contribution in [0.25, 0.3) is 0 Å². The van der Waals surface area contributed by atoms with Gasteiger partial charge in [-0.1, -0.05) is 30.3 Å². The lowest BCUT2D eigenvalue weighted by molar-refractivity contribution is -0.142. The van der Waals surface area contributed by atoms with Crippen LogP contribution in [0.3, 0.4) is 0 Å². The molecule has 4 heteroatoms. The summed E-state index contributed by atoms with van der Waals surface area (Å²) in [4.78, 5) is 24.5. The number of carboxylic acid groups (broad SMARTS) is 1. The van der Waals surface area contributed by atoms with E-state index in [4.69, 9.17) is 5.11 Å². The van der Waals surface area contributed by atoms with Gasteiger partial charge in [0.1, 0.15) is 0 Å². The Hall–Kier alpha value is -1.68. The molecule has 0 aromatic heterocycles. The molecular weight excluding hydrogens is 230 g/mol. The van der Waals surface area contributed by atoms with Crippen molar-refractivity contribution in [2.24, 2.45) is 5.92 Å². The number of aliphatic carboxylic acids is 1. The molecule has 0 spiro atoms. The van der Waals surface area contributed by atoms with E-state index in [0.717, 1.165) is 13.1 Å². The van der Waals surface area contributed by atoms with Gasteiger partial charge in [-0.2, -0.15) is 0 Å². The van der Waals surface area contributed by atoms with E-state index in [0.29, 0.717) is 13.0 Å². The third-order valence-electron chi connectivity index (χ3n) is 3.30. The Morgan fingerprint density at radius 1 is 1.33 bits per heavy atom. The highest BCUT2D eigenvalue weighted by Gasteiger charge is 2.28. The van der Waals surface area contributed by atoms with Crippen LogP contribution in [0.2, 0.25) is 0 Å². The monoisotopic (exact) mass is 247 g/mol. The van der Waals surface area contributed by atoms with Crippen molar-refractivity contribution in [1.82, 2.24) is 4.90 Å². The topological polar surface area (TPSA) is 57.6 Å². The Kier molecular flexibility index (Phi) is 4.10. The van der Waals surface area contributed by atoms with Gasteiger partial charge in [0, 0.05) is 12.5 Å². The van der Waals surface area contributed by atoms with E-state index in [1.165, 1.54) is 5.56 Å². The summed E-state index contributed by atoms with van der Waals surface area (Å²) in [5, 5.41) is 8.72. The number of carbonyl (C=O) groups excluding carboxylic acids is 1. The summed E-state index contributed by atoms with van der Waals surface area (Å²) in [6, 6.07) is 10.00. The Morgan fingerprint density at radius 2 is 2.06 bits per heavy atom. The van der Waals surface area contributed by atoms with E-state index in [9.17, 15) is 9.59 Å². The summed E-state index contributed by atoms with van der Waals surface area (Å²) in [6.45, 7) is 1.91. The number of piperidine rings is 1. The molecule has 1 aromatic carbocycles. The predicted octanol–water partition coefficient (Wildman–Crippen LogP) is 1.55. The van der Waals surface area contributed by atoms with Crippen LogP contribution in [0.4, 0.5) is 0 Å². The zero-order valence-corrected chi connectivity index (χ0v) is 10.2. The third kappa shape index (κ3) is 3.40. The van der Waals surface area contributed by atoms with Crippen molar-refractivity contribution in [3.8, 4) is 0 Å². The molecule has 0 saturated carbocycles. The normalized spacial score (nSPS) is 20.9. The van der Waals surface area contributed by atoms with Gasteiger partial charge in [0.15, 0.2) is 5.78 Å². The van der Waals surface area contributed by atoms with Crippen molar-refractivity contribution >= 4 is 11.8 Å². The summed E-state index contributed by atoms with van der Waals surface area (Å²) in [5.41, 5.74) is 1.18. The predicted molar refractivity (Wildman–Crippen MR) is 67.1 cm³/mol. The zero-order valence-electron chi connectivity index (χ0n) is 10.2. The third-order valence-corrected chi connectivity index (χ3v) is 3.30. The van der Waals surface area contributed by atoms with Gasteiger partial charge in [0.2, 0.25) is 0 Å². The average molecular weight is 247 g/mol. The molecule has 1 aliphatic heterocycles. The molecule has 18 heavy (non-hydrogen) atoms. The van der Waals surface area contributed by atoms with Crippen molar-refractivity contribution in [3.05, 3.63) is 35.9 Å². The molecule has 4 nitrogen and oxygen atoms in total. The SMILES string of the molecule is O=C(O)CC1CCN(Cc2ccccc2)CC1=O. The van der Waals surface area contributed by atoms with Crippen molar-refractivity contribution in [3.63, 3.8) is 0 Å². The molecule has 1 saturated heterocycles. The van der Waals surface area contributed by atoms with Gasteiger partial charge in [0.05, 0.1) is 13.0 Å². The van der Waals surface area contributed by atoms with E-state index in [2.05, 4.69) is 4.90 Å². The van der Waals surface area contributed by atoms with E-state index in [1.54, 1.807) is 0 Å². The first kappa shape index (κ1) is 12.8. The molecule has 1 atom stereocenters. The summed E-state index contributed by atoms with van der Waals surface area (Å²) in [5.74, 6) is -1.13. The van der Waals surface area contributed by atoms with Crippen molar-refractivity contribution in [1.29, 1.82) is 0 Å². The molecule has 2 rings (SSSR count). The van der Waals surface area contributed by atoms with Gasteiger partial charge in [-0.05, 0) is 18.5 Å². The molecule has 1 heterocycles. The van der Waals surface area contributed by atoms with Gasteiger partial charge in [-0.25, -0.2) is 0 Å². The van der Waals surface area contributed by atoms with Crippen LogP contribution >= 0.6 is 0 Å². The minimum Gasteiger partial charge on any atom is -0.481 e. The lowest BCUT2D eigenvalue weighted by atomic mass is 9.92. The second kappa shape index (κ2) is 5.78. The lowest BCUT2D eigenvalue weighted by Crippen LogP contribution is -2.41. The molecule has 0 aliphatic carbocycles. The van der Waals surface area contributed by atoms with Crippen LogP contribution in [0.1, 0.15) is 18.4 Å².